The van der Waals surface area contributed by atoms with Gasteiger partial charge in [0.2, 0.25) is 0 Å². The Morgan fingerprint density at radius 2 is 1.88 bits per heavy atom. The van der Waals surface area contributed by atoms with E-state index in [2.05, 4.69) is 21.2 Å². The third-order valence-corrected chi connectivity index (χ3v) is 5.42. The minimum absolute atomic E-state index is 0.0126. The summed E-state index contributed by atoms with van der Waals surface area (Å²) in [4.78, 5) is 12.6. The zero-order valence-electron chi connectivity index (χ0n) is 17.0. The Hall–Kier alpha value is -3.82. The molecule has 6 heteroatoms. The number of furan rings is 1. The molecular weight excluding hydrogens is 468 g/mol. The normalized spacial score (nSPS) is 11.2. The van der Waals surface area contributed by atoms with E-state index in [0.717, 1.165) is 20.8 Å². The third kappa shape index (κ3) is 5.08. The van der Waals surface area contributed by atoms with Crippen LogP contribution in [0, 0.1) is 11.3 Å². The van der Waals surface area contributed by atoms with Crippen LogP contribution in [0.3, 0.4) is 0 Å². The van der Waals surface area contributed by atoms with Gasteiger partial charge in [0, 0.05) is 10.0 Å². The van der Waals surface area contributed by atoms with Gasteiger partial charge in [-0.1, -0.05) is 58.4 Å². The lowest BCUT2D eigenvalue weighted by molar-refractivity contribution is -0.117. The molecule has 0 aliphatic carbocycles. The highest BCUT2D eigenvalue weighted by molar-refractivity contribution is 9.10. The van der Waals surface area contributed by atoms with Crippen LogP contribution in [0.15, 0.2) is 93.5 Å². The Morgan fingerprint density at radius 1 is 1.06 bits per heavy atom. The topological polar surface area (TPSA) is 75.3 Å². The molecule has 0 aliphatic rings. The van der Waals surface area contributed by atoms with Gasteiger partial charge in [0.05, 0.1) is 12.8 Å². The van der Waals surface area contributed by atoms with E-state index in [4.69, 9.17) is 9.15 Å². The predicted molar refractivity (Wildman–Crippen MR) is 127 cm³/mol. The fourth-order valence-electron chi connectivity index (χ4n) is 3.26. The van der Waals surface area contributed by atoms with Gasteiger partial charge in [0.1, 0.15) is 29.8 Å². The van der Waals surface area contributed by atoms with Crippen molar-refractivity contribution in [1.29, 1.82) is 5.26 Å². The monoisotopic (exact) mass is 486 g/mol. The minimum atomic E-state index is -0.476. The molecule has 4 aromatic rings. The third-order valence-electron chi connectivity index (χ3n) is 4.90. The molecule has 0 fully saturated rings. The molecule has 0 unspecified atom stereocenters. The van der Waals surface area contributed by atoms with Crippen molar-refractivity contribution >= 4 is 38.7 Å². The summed E-state index contributed by atoms with van der Waals surface area (Å²) in [5.41, 5.74) is 1.68. The van der Waals surface area contributed by atoms with Crippen molar-refractivity contribution < 1.29 is 13.9 Å². The van der Waals surface area contributed by atoms with E-state index in [0.29, 0.717) is 23.7 Å². The summed E-state index contributed by atoms with van der Waals surface area (Å²) in [6.45, 7) is 0.562. The molecule has 0 bridgehead atoms. The largest absolute Gasteiger partial charge is 0.488 e. The summed E-state index contributed by atoms with van der Waals surface area (Å²) in [6, 6.07) is 25.0. The lowest BCUT2D eigenvalue weighted by Crippen LogP contribution is -2.23. The number of ether oxygens (including phenoxy) is 1. The number of nitriles is 1. The van der Waals surface area contributed by atoms with Crippen LogP contribution in [0.1, 0.15) is 16.9 Å². The standard InChI is InChI=1S/C26H19BrN2O3/c27-21-10-7-18(8-11-21)17-32-25-12-9-19-4-1-2-6-23(19)24(25)14-20(15-28)26(30)29-16-22-5-3-13-31-22/h1-14H,16-17H2,(H,29,30)/b20-14+. The highest BCUT2D eigenvalue weighted by atomic mass is 79.9. The maximum Gasteiger partial charge on any atom is 0.262 e. The van der Waals surface area contributed by atoms with Crippen LogP contribution in [-0.4, -0.2) is 5.91 Å². The van der Waals surface area contributed by atoms with Gasteiger partial charge in [0.25, 0.3) is 5.91 Å². The summed E-state index contributed by atoms with van der Waals surface area (Å²) in [5.74, 6) is 0.730. The van der Waals surface area contributed by atoms with Crippen LogP contribution in [-0.2, 0) is 17.9 Å². The number of nitrogens with zero attached hydrogens (tertiary/aromatic N) is 1. The average Bonchev–Trinajstić information content (AvgIpc) is 3.35. The second kappa shape index (κ2) is 9.99. The first-order valence-electron chi connectivity index (χ1n) is 9.95. The van der Waals surface area contributed by atoms with Crippen LogP contribution in [0.25, 0.3) is 16.8 Å². The van der Waals surface area contributed by atoms with E-state index >= 15 is 0 Å². The van der Waals surface area contributed by atoms with Gasteiger partial charge in [-0.15, -0.1) is 0 Å². The maximum atomic E-state index is 12.6. The minimum Gasteiger partial charge on any atom is -0.488 e. The fourth-order valence-corrected chi connectivity index (χ4v) is 3.53. The van der Waals surface area contributed by atoms with Crippen molar-refractivity contribution in [3.63, 3.8) is 0 Å². The number of amides is 1. The van der Waals surface area contributed by atoms with Gasteiger partial charge in [-0.2, -0.15) is 5.26 Å². The molecule has 32 heavy (non-hydrogen) atoms. The first-order valence-corrected chi connectivity index (χ1v) is 10.7. The van der Waals surface area contributed by atoms with Crippen LogP contribution in [0.4, 0.5) is 0 Å². The first-order chi connectivity index (χ1) is 15.6. The molecule has 1 amide bonds. The number of benzene rings is 3. The van der Waals surface area contributed by atoms with Crippen LogP contribution < -0.4 is 10.1 Å². The number of hydrogen-bond donors (Lipinski definition) is 1. The van der Waals surface area contributed by atoms with Gasteiger partial charge >= 0.3 is 0 Å². The summed E-state index contributed by atoms with van der Waals surface area (Å²) in [7, 11) is 0. The molecule has 0 radical (unpaired) electrons. The van der Waals surface area contributed by atoms with E-state index in [1.165, 1.54) is 6.26 Å². The number of hydrogen-bond acceptors (Lipinski definition) is 4. The van der Waals surface area contributed by atoms with Gasteiger partial charge < -0.3 is 14.5 Å². The molecule has 0 aliphatic heterocycles. The molecule has 3 aromatic carbocycles. The van der Waals surface area contributed by atoms with Gasteiger partial charge in [-0.3, -0.25) is 4.79 Å². The SMILES string of the molecule is N#C/C(=C\c1c(OCc2ccc(Br)cc2)ccc2ccccc12)C(=O)NCc1ccco1. The van der Waals surface area contributed by atoms with Crippen molar-refractivity contribution in [2.75, 3.05) is 0 Å². The summed E-state index contributed by atoms with van der Waals surface area (Å²) < 4.78 is 12.3. The predicted octanol–water partition coefficient (Wildman–Crippen LogP) is 6.00. The van der Waals surface area contributed by atoms with Gasteiger partial charge in [-0.25, -0.2) is 0 Å². The Kier molecular flexibility index (Phi) is 6.69. The Balaban J connectivity index is 1.65. The number of carbonyl (C=O) groups excluding carboxylic acids is 1. The molecule has 4 rings (SSSR count). The molecule has 1 N–H and O–H groups in total. The molecule has 0 saturated carbocycles. The van der Waals surface area contributed by atoms with Crippen LogP contribution in [0.2, 0.25) is 0 Å². The number of fused-ring (bicyclic) bond motifs is 1. The van der Waals surface area contributed by atoms with Crippen LogP contribution in [0.5, 0.6) is 5.75 Å². The second-order valence-corrected chi connectivity index (χ2v) is 7.96. The average molecular weight is 487 g/mol. The van der Waals surface area contributed by atoms with Gasteiger partial charge in [0.15, 0.2) is 0 Å². The zero-order valence-corrected chi connectivity index (χ0v) is 18.6. The highest BCUT2D eigenvalue weighted by Gasteiger charge is 2.14. The van der Waals surface area contributed by atoms with Crippen molar-refractivity contribution in [1.82, 2.24) is 5.32 Å². The molecule has 0 saturated heterocycles. The van der Waals surface area contributed by atoms with Gasteiger partial charge in [-0.05, 0) is 52.7 Å². The molecule has 1 heterocycles. The molecule has 0 atom stereocenters. The Labute approximate surface area is 194 Å². The van der Waals surface area contributed by atoms with E-state index in [9.17, 15) is 10.1 Å². The van der Waals surface area contributed by atoms with Crippen molar-refractivity contribution in [2.45, 2.75) is 13.2 Å². The molecular formula is C26H19BrN2O3. The summed E-state index contributed by atoms with van der Waals surface area (Å²) in [6.07, 6.45) is 3.12. The second-order valence-electron chi connectivity index (χ2n) is 7.05. The van der Waals surface area contributed by atoms with Crippen LogP contribution >= 0.6 is 15.9 Å². The quantitative estimate of drug-likeness (QED) is 0.256. The number of halogens is 1. The first kappa shape index (κ1) is 21.4. The van der Waals surface area contributed by atoms with Crippen molar-refractivity contribution in [3.05, 3.63) is 106 Å². The lowest BCUT2D eigenvalue weighted by Gasteiger charge is -2.13. The van der Waals surface area contributed by atoms with E-state index in [1.807, 2.05) is 66.7 Å². The maximum absolute atomic E-state index is 12.6. The zero-order chi connectivity index (χ0) is 22.3. The smallest absolute Gasteiger partial charge is 0.262 e. The number of rotatable bonds is 7. The summed E-state index contributed by atoms with van der Waals surface area (Å²) in [5, 5.41) is 14.3. The lowest BCUT2D eigenvalue weighted by atomic mass is 10.0. The van der Waals surface area contributed by atoms with E-state index < -0.39 is 5.91 Å². The number of carbonyl (C=O) groups is 1. The molecule has 0 spiro atoms. The fraction of sp³-hybridized carbons (Fsp3) is 0.0769. The van der Waals surface area contributed by atoms with Crippen molar-refractivity contribution in [3.8, 4) is 11.8 Å². The Bertz CT molecular complexity index is 1300. The van der Waals surface area contributed by atoms with Crippen molar-refractivity contribution in [2.24, 2.45) is 0 Å². The molecule has 1 aromatic heterocycles. The number of nitrogens with one attached hydrogen (secondary N) is 1. The Morgan fingerprint density at radius 3 is 2.62 bits per heavy atom. The molecule has 158 valence electrons. The van der Waals surface area contributed by atoms with E-state index in [-0.39, 0.29) is 12.1 Å². The summed E-state index contributed by atoms with van der Waals surface area (Å²) >= 11 is 3.43. The highest BCUT2D eigenvalue weighted by Crippen LogP contribution is 2.31. The van der Waals surface area contributed by atoms with E-state index in [1.54, 1.807) is 18.2 Å². The molecule has 5 nitrogen and oxygen atoms in total.